The lowest BCUT2D eigenvalue weighted by Crippen LogP contribution is -2.48. The molecule has 2 aliphatic rings. The van der Waals surface area contributed by atoms with E-state index in [1.165, 1.54) is 18.2 Å². The smallest absolute Gasteiger partial charge is 0.277 e. The summed E-state index contributed by atoms with van der Waals surface area (Å²) < 4.78 is 31.2. The first-order valence-corrected chi connectivity index (χ1v) is 12.0. The average Bonchev–Trinajstić information content (AvgIpc) is 3.53. The van der Waals surface area contributed by atoms with Crippen LogP contribution in [0.25, 0.3) is 11.0 Å². The lowest BCUT2D eigenvalue weighted by atomic mass is 10.00. The first-order chi connectivity index (χ1) is 17.4. The fourth-order valence-corrected chi connectivity index (χ4v) is 4.76. The maximum Gasteiger partial charge on any atom is 0.277 e. The molecule has 190 valence electrons. The molecule has 0 aliphatic carbocycles. The van der Waals surface area contributed by atoms with Gasteiger partial charge in [0.15, 0.2) is 23.1 Å². The molecule has 9 nitrogen and oxygen atoms in total. The van der Waals surface area contributed by atoms with E-state index in [-0.39, 0.29) is 41.7 Å². The summed E-state index contributed by atoms with van der Waals surface area (Å²) in [4.78, 5) is 15.3. The van der Waals surface area contributed by atoms with Crippen molar-refractivity contribution in [3.8, 4) is 11.5 Å². The molecule has 2 aliphatic heterocycles. The topological polar surface area (TPSA) is 117 Å². The van der Waals surface area contributed by atoms with Gasteiger partial charge in [-0.3, -0.25) is 4.79 Å². The van der Waals surface area contributed by atoms with Crippen molar-refractivity contribution in [1.82, 2.24) is 10.2 Å². The summed E-state index contributed by atoms with van der Waals surface area (Å²) in [5.74, 6) is -1.20. The van der Waals surface area contributed by atoms with E-state index in [1.807, 2.05) is 0 Å². The number of hydrogen-bond donors (Lipinski definition) is 3. The van der Waals surface area contributed by atoms with Crippen LogP contribution in [0.3, 0.4) is 0 Å². The number of amides is 1. The molecule has 1 aromatic heterocycles. The Kier molecular flexibility index (Phi) is 6.99. The van der Waals surface area contributed by atoms with E-state index in [9.17, 15) is 19.5 Å². The van der Waals surface area contributed by atoms with Gasteiger partial charge in [-0.25, -0.2) is 4.39 Å². The lowest BCUT2D eigenvalue weighted by Gasteiger charge is -2.29. The van der Waals surface area contributed by atoms with Gasteiger partial charge in [0.1, 0.15) is 24.9 Å². The van der Waals surface area contributed by atoms with Gasteiger partial charge in [0, 0.05) is 17.0 Å². The van der Waals surface area contributed by atoms with Crippen LogP contribution in [-0.4, -0.2) is 65.7 Å². The monoisotopic (exact) mass is 517 g/mol. The van der Waals surface area contributed by atoms with Crippen molar-refractivity contribution >= 4 is 34.2 Å². The summed E-state index contributed by atoms with van der Waals surface area (Å²) in [5.41, 5.74) is 0.320. The van der Waals surface area contributed by atoms with E-state index in [1.54, 1.807) is 18.2 Å². The molecule has 1 fully saturated rings. The SMILES string of the molecule is O=C(N[C@H](CN1CCCC1)[C@H](O)c1cc(F)c2c(c1)OCCO2)C(=NO)c1cc2cc(Cl)ccc2o1. The minimum absolute atomic E-state index is 0.00276. The Morgan fingerprint density at radius 3 is 2.72 bits per heavy atom. The van der Waals surface area contributed by atoms with E-state index in [2.05, 4.69) is 15.4 Å². The number of aliphatic hydroxyl groups excluding tert-OH is 1. The van der Waals surface area contributed by atoms with Crippen molar-refractivity contribution in [3.05, 3.63) is 58.6 Å². The molecule has 3 N–H and O–H groups in total. The molecule has 3 heterocycles. The standard InChI is InChI=1S/C25H25ClFN3O6/c26-16-3-4-19-14(9-16)11-20(36-19)22(29-33)25(32)28-18(13-30-5-1-2-6-30)23(31)15-10-17(27)24-21(12-15)34-7-8-35-24/h3-4,9-12,18,23,31,33H,1-2,5-8,13H2,(H,28,32)/t18-,23-/m1/s1. The number of carbonyl (C=O) groups is 1. The predicted molar refractivity (Wildman–Crippen MR) is 130 cm³/mol. The minimum atomic E-state index is -1.28. The Labute approximate surface area is 211 Å². The number of ether oxygens (including phenoxy) is 2. The summed E-state index contributed by atoms with van der Waals surface area (Å²) in [6.45, 7) is 2.41. The number of likely N-dealkylation sites (tertiary alicyclic amines) is 1. The zero-order chi connectivity index (χ0) is 25.2. The molecule has 36 heavy (non-hydrogen) atoms. The van der Waals surface area contributed by atoms with Crippen molar-refractivity contribution in [2.45, 2.75) is 25.0 Å². The van der Waals surface area contributed by atoms with Crippen molar-refractivity contribution in [2.75, 3.05) is 32.8 Å². The summed E-state index contributed by atoms with van der Waals surface area (Å²) in [6, 6.07) is 8.31. The van der Waals surface area contributed by atoms with E-state index < -0.39 is 23.9 Å². The van der Waals surface area contributed by atoms with Gasteiger partial charge in [0.2, 0.25) is 5.71 Å². The second-order valence-corrected chi connectivity index (χ2v) is 9.24. The number of furan rings is 1. The summed E-state index contributed by atoms with van der Waals surface area (Å²) in [7, 11) is 0. The second kappa shape index (κ2) is 10.3. The van der Waals surface area contributed by atoms with E-state index >= 15 is 0 Å². The van der Waals surface area contributed by atoms with Gasteiger partial charge in [0.25, 0.3) is 5.91 Å². The number of hydrogen-bond acceptors (Lipinski definition) is 8. The summed E-state index contributed by atoms with van der Waals surface area (Å²) in [6.07, 6.45) is 0.718. The average molecular weight is 518 g/mol. The highest BCUT2D eigenvalue weighted by Gasteiger charge is 2.31. The predicted octanol–water partition coefficient (Wildman–Crippen LogP) is 3.49. The van der Waals surface area contributed by atoms with Gasteiger partial charge >= 0.3 is 0 Å². The summed E-state index contributed by atoms with van der Waals surface area (Å²) >= 11 is 6.03. The Bertz CT molecular complexity index is 1310. The number of carbonyl (C=O) groups excluding carboxylic acids is 1. The first-order valence-electron chi connectivity index (χ1n) is 11.6. The van der Waals surface area contributed by atoms with Crippen LogP contribution in [0.4, 0.5) is 4.39 Å². The number of fused-ring (bicyclic) bond motifs is 2. The van der Waals surface area contributed by atoms with Gasteiger partial charge in [-0.15, -0.1) is 0 Å². The van der Waals surface area contributed by atoms with Crippen LogP contribution in [-0.2, 0) is 4.79 Å². The summed E-state index contributed by atoms with van der Waals surface area (Å²) in [5, 5.41) is 27.9. The van der Waals surface area contributed by atoms with Crippen molar-refractivity contribution < 1.29 is 33.4 Å². The van der Waals surface area contributed by atoms with Crippen LogP contribution in [0, 0.1) is 5.82 Å². The maximum atomic E-state index is 14.7. The van der Waals surface area contributed by atoms with Crippen molar-refractivity contribution in [1.29, 1.82) is 0 Å². The number of oxime groups is 1. The normalized spacial score (nSPS) is 17.8. The molecule has 1 amide bonds. The minimum Gasteiger partial charge on any atom is -0.486 e. The molecular weight excluding hydrogens is 493 g/mol. The molecule has 0 bridgehead atoms. The van der Waals surface area contributed by atoms with Crippen LogP contribution in [0.1, 0.15) is 30.3 Å². The van der Waals surface area contributed by atoms with Crippen molar-refractivity contribution in [3.63, 3.8) is 0 Å². The van der Waals surface area contributed by atoms with Crippen LogP contribution < -0.4 is 14.8 Å². The molecule has 0 unspecified atom stereocenters. The third-order valence-corrected chi connectivity index (χ3v) is 6.57. The maximum absolute atomic E-state index is 14.7. The highest BCUT2D eigenvalue weighted by atomic mass is 35.5. The number of rotatable bonds is 7. The third kappa shape index (κ3) is 4.97. The number of aliphatic hydroxyl groups is 1. The third-order valence-electron chi connectivity index (χ3n) is 6.34. The highest BCUT2D eigenvalue weighted by Crippen LogP contribution is 2.36. The van der Waals surface area contributed by atoms with E-state index in [0.29, 0.717) is 22.5 Å². The number of benzene rings is 2. The Balaban J connectivity index is 1.41. The molecule has 0 radical (unpaired) electrons. The highest BCUT2D eigenvalue weighted by molar-refractivity contribution is 6.44. The molecule has 5 rings (SSSR count). The Hall–Kier alpha value is -3.34. The van der Waals surface area contributed by atoms with E-state index in [0.717, 1.165) is 25.9 Å². The van der Waals surface area contributed by atoms with E-state index in [4.69, 9.17) is 25.5 Å². The number of nitrogens with one attached hydrogen (secondary N) is 1. The van der Waals surface area contributed by atoms with Crippen LogP contribution in [0.2, 0.25) is 5.02 Å². The molecular formula is C25H25ClFN3O6. The molecule has 0 spiro atoms. The second-order valence-electron chi connectivity index (χ2n) is 8.80. The molecule has 2 atom stereocenters. The quantitative estimate of drug-likeness (QED) is 0.249. The van der Waals surface area contributed by atoms with Gasteiger partial charge in [-0.1, -0.05) is 16.8 Å². The molecule has 1 saturated heterocycles. The van der Waals surface area contributed by atoms with Gasteiger partial charge in [-0.05, 0) is 67.9 Å². The molecule has 11 heteroatoms. The van der Waals surface area contributed by atoms with Crippen molar-refractivity contribution in [2.24, 2.45) is 5.16 Å². The largest absolute Gasteiger partial charge is 0.486 e. The molecule has 0 saturated carbocycles. The molecule has 2 aromatic carbocycles. The number of halogens is 2. The first kappa shape index (κ1) is 24.4. The van der Waals surface area contributed by atoms with Crippen LogP contribution in [0.5, 0.6) is 11.5 Å². The van der Waals surface area contributed by atoms with Gasteiger partial charge in [-0.2, -0.15) is 0 Å². The van der Waals surface area contributed by atoms with Crippen LogP contribution >= 0.6 is 11.6 Å². The van der Waals surface area contributed by atoms with Gasteiger partial charge in [0.05, 0.1) is 6.04 Å². The number of nitrogens with zero attached hydrogens (tertiary/aromatic N) is 2. The Morgan fingerprint density at radius 1 is 1.17 bits per heavy atom. The Morgan fingerprint density at radius 2 is 1.94 bits per heavy atom. The van der Waals surface area contributed by atoms with Gasteiger partial charge < -0.3 is 34.4 Å². The fourth-order valence-electron chi connectivity index (χ4n) is 4.58. The van der Waals surface area contributed by atoms with Crippen LogP contribution in [0.15, 0.2) is 46.0 Å². The zero-order valence-corrected chi connectivity index (χ0v) is 20.0. The zero-order valence-electron chi connectivity index (χ0n) is 19.2. The lowest BCUT2D eigenvalue weighted by molar-refractivity contribution is -0.116. The fraction of sp³-hybridized carbons (Fsp3) is 0.360. The molecule has 3 aromatic rings.